The predicted octanol–water partition coefficient (Wildman–Crippen LogP) is 4.50. The molecule has 5 heteroatoms. The molecular weight excluding hydrogens is 312 g/mol. The molecule has 5 nitrogen and oxygen atoms in total. The van der Waals surface area contributed by atoms with Gasteiger partial charge in [0.15, 0.2) is 5.75 Å². The fourth-order valence-corrected chi connectivity index (χ4v) is 2.62. The van der Waals surface area contributed by atoms with Crippen molar-refractivity contribution in [3.63, 3.8) is 0 Å². The van der Waals surface area contributed by atoms with Gasteiger partial charge in [0.25, 0.3) is 0 Å². The molecule has 0 unspecified atom stereocenters. The molecule has 0 saturated heterocycles. The molecule has 0 aliphatic rings. The van der Waals surface area contributed by atoms with Crippen LogP contribution in [0.25, 0.3) is 22.3 Å². The number of aryl methyl sites for hydroxylation is 2. The summed E-state index contributed by atoms with van der Waals surface area (Å²) in [5.74, 6) is 1.36. The standard InChI is InChI=1S/C20H16N4O/c1-13-11-19(20(24-14(13)2)17-5-3-4-8-22-17)25-18-7-10-23-16-6-9-21-12-15(16)18/h3-12H,1-2H3. The lowest BCUT2D eigenvalue weighted by Gasteiger charge is -2.14. The van der Waals surface area contributed by atoms with Crippen LogP contribution >= 0.6 is 0 Å². The van der Waals surface area contributed by atoms with Crippen LogP contribution in [-0.2, 0) is 0 Å². The van der Waals surface area contributed by atoms with Crippen LogP contribution in [0.3, 0.4) is 0 Å². The summed E-state index contributed by atoms with van der Waals surface area (Å²) < 4.78 is 6.23. The summed E-state index contributed by atoms with van der Waals surface area (Å²) in [5.41, 5.74) is 4.35. The highest BCUT2D eigenvalue weighted by molar-refractivity contribution is 5.84. The Balaban J connectivity index is 1.86. The van der Waals surface area contributed by atoms with Gasteiger partial charge >= 0.3 is 0 Å². The van der Waals surface area contributed by atoms with Crippen molar-refractivity contribution >= 4 is 10.9 Å². The molecule has 0 atom stereocenters. The van der Waals surface area contributed by atoms with Crippen molar-refractivity contribution in [2.45, 2.75) is 13.8 Å². The Hall–Kier alpha value is -3.34. The zero-order valence-electron chi connectivity index (χ0n) is 14.0. The lowest BCUT2D eigenvalue weighted by Crippen LogP contribution is -1.98. The van der Waals surface area contributed by atoms with E-state index in [1.807, 2.05) is 50.2 Å². The topological polar surface area (TPSA) is 60.8 Å². The van der Waals surface area contributed by atoms with Gasteiger partial charge in [-0.05, 0) is 49.7 Å². The highest BCUT2D eigenvalue weighted by Gasteiger charge is 2.14. The van der Waals surface area contributed by atoms with E-state index in [2.05, 4.69) is 15.0 Å². The molecule has 0 bridgehead atoms. The van der Waals surface area contributed by atoms with Crippen molar-refractivity contribution in [1.82, 2.24) is 19.9 Å². The van der Waals surface area contributed by atoms with Crippen LogP contribution in [0.1, 0.15) is 11.3 Å². The number of pyridine rings is 4. The van der Waals surface area contributed by atoms with E-state index in [9.17, 15) is 0 Å². The highest BCUT2D eigenvalue weighted by Crippen LogP contribution is 2.34. The summed E-state index contributed by atoms with van der Waals surface area (Å²) in [6.07, 6.45) is 6.96. The molecule has 0 aromatic carbocycles. The van der Waals surface area contributed by atoms with Gasteiger partial charge < -0.3 is 4.74 Å². The van der Waals surface area contributed by atoms with Crippen LogP contribution in [0.2, 0.25) is 0 Å². The van der Waals surface area contributed by atoms with Crippen LogP contribution < -0.4 is 4.74 Å². The second kappa shape index (κ2) is 6.28. The van der Waals surface area contributed by atoms with Crippen molar-refractivity contribution in [3.05, 3.63) is 72.4 Å². The molecular formula is C20H16N4O. The zero-order chi connectivity index (χ0) is 17.2. The minimum atomic E-state index is 0.665. The largest absolute Gasteiger partial charge is 0.454 e. The van der Waals surface area contributed by atoms with E-state index < -0.39 is 0 Å². The minimum absolute atomic E-state index is 0.665. The van der Waals surface area contributed by atoms with Crippen LogP contribution in [-0.4, -0.2) is 19.9 Å². The third-order valence-corrected chi connectivity index (χ3v) is 4.06. The summed E-state index contributed by atoms with van der Waals surface area (Å²) in [6.45, 7) is 4.00. The Kier molecular flexibility index (Phi) is 3.82. The monoisotopic (exact) mass is 328 g/mol. The maximum absolute atomic E-state index is 6.23. The van der Waals surface area contributed by atoms with E-state index in [0.29, 0.717) is 11.5 Å². The van der Waals surface area contributed by atoms with Crippen molar-refractivity contribution in [1.29, 1.82) is 0 Å². The van der Waals surface area contributed by atoms with Gasteiger partial charge in [-0.15, -0.1) is 0 Å². The molecule has 4 aromatic rings. The Bertz CT molecular complexity index is 1040. The van der Waals surface area contributed by atoms with Gasteiger partial charge in [-0.25, -0.2) is 4.98 Å². The van der Waals surface area contributed by atoms with E-state index in [0.717, 1.165) is 33.5 Å². The van der Waals surface area contributed by atoms with Crippen LogP contribution in [0.15, 0.2) is 61.2 Å². The second-order valence-electron chi connectivity index (χ2n) is 5.76. The molecule has 0 spiro atoms. The number of aromatic nitrogens is 4. The van der Waals surface area contributed by atoms with Gasteiger partial charge in [0.1, 0.15) is 11.4 Å². The number of ether oxygens (including phenoxy) is 1. The zero-order valence-corrected chi connectivity index (χ0v) is 14.0. The van der Waals surface area contributed by atoms with Crippen molar-refractivity contribution in [2.24, 2.45) is 0 Å². The first kappa shape index (κ1) is 15.2. The molecule has 4 rings (SSSR count). The quantitative estimate of drug-likeness (QED) is 0.554. The van der Waals surface area contributed by atoms with Gasteiger partial charge in [0, 0.05) is 30.5 Å². The van der Waals surface area contributed by atoms with Crippen LogP contribution in [0.4, 0.5) is 0 Å². The number of rotatable bonds is 3. The molecule has 0 aliphatic carbocycles. The molecule has 0 aliphatic heterocycles. The maximum atomic E-state index is 6.23. The molecule has 0 radical (unpaired) electrons. The summed E-state index contributed by atoms with van der Waals surface area (Å²) in [7, 11) is 0. The van der Waals surface area contributed by atoms with Crippen molar-refractivity contribution < 1.29 is 4.74 Å². The summed E-state index contributed by atoms with van der Waals surface area (Å²) in [4.78, 5) is 17.6. The van der Waals surface area contributed by atoms with E-state index in [-0.39, 0.29) is 0 Å². The van der Waals surface area contributed by atoms with E-state index in [1.165, 1.54) is 0 Å². The number of hydrogen-bond donors (Lipinski definition) is 0. The van der Waals surface area contributed by atoms with E-state index >= 15 is 0 Å². The smallest absolute Gasteiger partial charge is 0.155 e. The first-order valence-electron chi connectivity index (χ1n) is 7.98. The third kappa shape index (κ3) is 2.92. The van der Waals surface area contributed by atoms with Gasteiger partial charge in [-0.2, -0.15) is 0 Å². The van der Waals surface area contributed by atoms with Gasteiger partial charge in [-0.1, -0.05) is 6.07 Å². The number of hydrogen-bond acceptors (Lipinski definition) is 5. The second-order valence-corrected chi connectivity index (χ2v) is 5.76. The molecule has 0 fully saturated rings. The van der Waals surface area contributed by atoms with Gasteiger partial charge in [0.2, 0.25) is 0 Å². The average Bonchev–Trinajstić information content (AvgIpc) is 2.65. The average molecular weight is 328 g/mol. The number of nitrogens with zero attached hydrogens (tertiary/aromatic N) is 4. The minimum Gasteiger partial charge on any atom is -0.454 e. The Morgan fingerprint density at radius 1 is 0.880 bits per heavy atom. The Morgan fingerprint density at radius 2 is 1.80 bits per heavy atom. The molecule has 0 amide bonds. The normalized spacial score (nSPS) is 10.8. The maximum Gasteiger partial charge on any atom is 0.155 e. The molecule has 0 N–H and O–H groups in total. The summed E-state index contributed by atoms with van der Waals surface area (Å²) >= 11 is 0. The predicted molar refractivity (Wildman–Crippen MR) is 96.6 cm³/mol. The first-order chi connectivity index (χ1) is 12.2. The lowest BCUT2D eigenvalue weighted by molar-refractivity contribution is 0.486. The SMILES string of the molecule is Cc1cc(Oc2ccnc3ccncc23)c(-c2ccccn2)nc1C. The molecule has 4 aromatic heterocycles. The van der Waals surface area contributed by atoms with Crippen LogP contribution in [0.5, 0.6) is 11.5 Å². The summed E-state index contributed by atoms with van der Waals surface area (Å²) in [6, 6.07) is 11.4. The number of fused-ring (bicyclic) bond motifs is 1. The third-order valence-electron chi connectivity index (χ3n) is 4.06. The van der Waals surface area contributed by atoms with Crippen LogP contribution in [0, 0.1) is 13.8 Å². The highest BCUT2D eigenvalue weighted by atomic mass is 16.5. The van der Waals surface area contributed by atoms with E-state index in [4.69, 9.17) is 9.72 Å². The first-order valence-corrected chi connectivity index (χ1v) is 7.98. The Labute approximate surface area is 145 Å². The summed E-state index contributed by atoms with van der Waals surface area (Å²) in [5, 5.41) is 0.857. The van der Waals surface area contributed by atoms with Crippen molar-refractivity contribution in [3.8, 4) is 22.9 Å². The van der Waals surface area contributed by atoms with Gasteiger partial charge in [-0.3, -0.25) is 15.0 Å². The fraction of sp³-hybridized carbons (Fsp3) is 0.100. The fourth-order valence-electron chi connectivity index (χ4n) is 2.62. The molecule has 122 valence electrons. The Morgan fingerprint density at radius 3 is 2.64 bits per heavy atom. The molecule has 25 heavy (non-hydrogen) atoms. The lowest BCUT2D eigenvalue weighted by atomic mass is 10.1. The van der Waals surface area contributed by atoms with Crippen molar-refractivity contribution in [2.75, 3.05) is 0 Å². The van der Waals surface area contributed by atoms with Gasteiger partial charge in [0.05, 0.1) is 16.6 Å². The molecule has 0 saturated carbocycles. The molecule has 4 heterocycles. The van der Waals surface area contributed by atoms with E-state index in [1.54, 1.807) is 24.8 Å².